The smallest absolute Gasteiger partial charge is 0.0189 e. The van der Waals surface area contributed by atoms with Crippen LogP contribution in [0.5, 0.6) is 0 Å². The van der Waals surface area contributed by atoms with Crippen LogP contribution in [-0.2, 0) is 6.42 Å². The van der Waals surface area contributed by atoms with E-state index in [-0.39, 0.29) is 0 Å². The van der Waals surface area contributed by atoms with Crippen molar-refractivity contribution in [2.45, 2.75) is 19.4 Å². The molecule has 0 fully saturated rings. The van der Waals surface area contributed by atoms with Gasteiger partial charge in [0.1, 0.15) is 0 Å². The second kappa shape index (κ2) is 6.17. The van der Waals surface area contributed by atoms with E-state index in [1.807, 2.05) is 18.4 Å². The van der Waals surface area contributed by atoms with Gasteiger partial charge in [-0.25, -0.2) is 0 Å². The fourth-order valence-electron chi connectivity index (χ4n) is 1.41. The summed E-state index contributed by atoms with van der Waals surface area (Å²) in [6.45, 7) is 4.45. The normalized spacial score (nSPS) is 13.4. The Labute approximate surface area is 90.9 Å². The van der Waals surface area contributed by atoms with E-state index in [1.54, 1.807) is 0 Å². The Morgan fingerprint density at radius 2 is 2.36 bits per heavy atom. The van der Waals surface area contributed by atoms with Crippen LogP contribution >= 0.6 is 11.3 Å². The molecular formula is C11H20N2S. The molecule has 1 N–H and O–H groups in total. The highest BCUT2D eigenvalue weighted by Crippen LogP contribution is 2.09. The van der Waals surface area contributed by atoms with Crippen molar-refractivity contribution in [1.82, 2.24) is 10.2 Å². The quantitative estimate of drug-likeness (QED) is 0.774. The minimum atomic E-state index is 0.611. The first kappa shape index (κ1) is 11.7. The zero-order valence-corrected chi connectivity index (χ0v) is 10.1. The molecule has 1 unspecified atom stereocenters. The van der Waals surface area contributed by atoms with E-state index in [0.717, 1.165) is 13.1 Å². The van der Waals surface area contributed by atoms with Crippen molar-refractivity contribution in [2.24, 2.45) is 0 Å². The summed E-state index contributed by atoms with van der Waals surface area (Å²) in [5.41, 5.74) is 0. The van der Waals surface area contributed by atoms with E-state index < -0.39 is 0 Å². The Morgan fingerprint density at radius 3 is 2.93 bits per heavy atom. The lowest BCUT2D eigenvalue weighted by Gasteiger charge is -2.24. The number of nitrogens with one attached hydrogen (secondary N) is 1. The van der Waals surface area contributed by atoms with Crippen LogP contribution in [-0.4, -0.2) is 38.1 Å². The van der Waals surface area contributed by atoms with Gasteiger partial charge >= 0.3 is 0 Å². The van der Waals surface area contributed by atoms with E-state index in [1.165, 1.54) is 11.3 Å². The zero-order valence-electron chi connectivity index (χ0n) is 9.29. The van der Waals surface area contributed by atoms with Gasteiger partial charge in [0.2, 0.25) is 0 Å². The molecule has 0 saturated carbocycles. The van der Waals surface area contributed by atoms with E-state index in [9.17, 15) is 0 Å². The molecule has 0 aliphatic carbocycles. The maximum Gasteiger partial charge on any atom is 0.0189 e. The average molecular weight is 212 g/mol. The first-order valence-electron chi connectivity index (χ1n) is 5.11. The highest BCUT2D eigenvalue weighted by atomic mass is 32.1. The van der Waals surface area contributed by atoms with Crippen LogP contribution in [0.3, 0.4) is 0 Å². The summed E-state index contributed by atoms with van der Waals surface area (Å²) < 4.78 is 0. The highest BCUT2D eigenvalue weighted by molar-refractivity contribution is 7.09. The summed E-state index contributed by atoms with van der Waals surface area (Å²) in [7, 11) is 4.19. The van der Waals surface area contributed by atoms with Gasteiger partial charge in [-0.05, 0) is 38.9 Å². The summed E-state index contributed by atoms with van der Waals surface area (Å²) in [6, 6.07) is 4.94. The number of likely N-dealkylation sites (N-methyl/N-ethyl adjacent to an activating group) is 2. The van der Waals surface area contributed by atoms with Gasteiger partial charge in [-0.1, -0.05) is 6.07 Å². The molecule has 1 heterocycles. The van der Waals surface area contributed by atoms with Crippen LogP contribution in [0.1, 0.15) is 11.8 Å². The molecule has 1 aromatic rings. The molecule has 1 aromatic heterocycles. The third-order valence-corrected chi connectivity index (χ3v) is 3.48. The molecule has 2 nitrogen and oxygen atoms in total. The molecule has 80 valence electrons. The molecule has 1 atom stereocenters. The van der Waals surface area contributed by atoms with Gasteiger partial charge in [0.05, 0.1) is 0 Å². The molecule has 0 aliphatic heterocycles. The summed E-state index contributed by atoms with van der Waals surface area (Å²) in [6.07, 6.45) is 1.17. The Bertz CT molecular complexity index is 233. The van der Waals surface area contributed by atoms with Crippen LogP contribution in [0.4, 0.5) is 0 Å². The summed E-state index contributed by atoms with van der Waals surface area (Å²) in [5.74, 6) is 0. The molecule has 0 amide bonds. The Kier molecular flexibility index (Phi) is 5.15. The van der Waals surface area contributed by atoms with Crippen molar-refractivity contribution in [3.63, 3.8) is 0 Å². The molecule has 0 aromatic carbocycles. The average Bonchev–Trinajstić information content (AvgIpc) is 2.67. The first-order chi connectivity index (χ1) is 6.74. The second-order valence-corrected chi connectivity index (χ2v) is 4.75. The predicted molar refractivity (Wildman–Crippen MR) is 64.0 cm³/mol. The standard InChI is InChI=1S/C11H20N2S/c1-10(9-12-2)13(3)7-6-11-5-4-8-14-11/h4-5,8,10,12H,6-7,9H2,1-3H3. The zero-order chi connectivity index (χ0) is 10.4. The lowest BCUT2D eigenvalue weighted by Crippen LogP contribution is -2.37. The topological polar surface area (TPSA) is 15.3 Å². The summed E-state index contributed by atoms with van der Waals surface area (Å²) in [4.78, 5) is 3.88. The van der Waals surface area contributed by atoms with Crippen LogP contribution in [0.2, 0.25) is 0 Å². The molecule has 0 aliphatic rings. The monoisotopic (exact) mass is 212 g/mol. The first-order valence-corrected chi connectivity index (χ1v) is 5.99. The van der Waals surface area contributed by atoms with Crippen LogP contribution in [0.25, 0.3) is 0 Å². The van der Waals surface area contributed by atoms with Crippen molar-refractivity contribution >= 4 is 11.3 Å². The minimum Gasteiger partial charge on any atom is -0.318 e. The molecule has 0 bridgehead atoms. The molecule has 0 radical (unpaired) electrons. The lowest BCUT2D eigenvalue weighted by molar-refractivity contribution is 0.258. The van der Waals surface area contributed by atoms with E-state index in [0.29, 0.717) is 6.04 Å². The van der Waals surface area contributed by atoms with Gasteiger partial charge in [0.25, 0.3) is 0 Å². The van der Waals surface area contributed by atoms with Crippen LogP contribution in [0, 0.1) is 0 Å². The molecule has 14 heavy (non-hydrogen) atoms. The SMILES string of the molecule is CNCC(C)N(C)CCc1cccs1. The van der Waals surface area contributed by atoms with Crippen molar-refractivity contribution in [2.75, 3.05) is 27.2 Å². The third kappa shape index (κ3) is 3.78. The fraction of sp³-hybridized carbons (Fsp3) is 0.636. The Balaban J connectivity index is 2.24. The van der Waals surface area contributed by atoms with Gasteiger partial charge in [-0.2, -0.15) is 0 Å². The van der Waals surface area contributed by atoms with E-state index in [4.69, 9.17) is 0 Å². The second-order valence-electron chi connectivity index (χ2n) is 3.72. The van der Waals surface area contributed by atoms with E-state index >= 15 is 0 Å². The van der Waals surface area contributed by atoms with Gasteiger partial charge in [-0.15, -0.1) is 11.3 Å². The van der Waals surface area contributed by atoms with Crippen molar-refractivity contribution in [3.05, 3.63) is 22.4 Å². The summed E-state index contributed by atoms with van der Waals surface area (Å²) in [5, 5.41) is 5.35. The van der Waals surface area contributed by atoms with Gasteiger partial charge < -0.3 is 10.2 Å². The number of thiophene rings is 1. The van der Waals surface area contributed by atoms with E-state index in [2.05, 4.69) is 41.7 Å². The predicted octanol–water partition coefficient (Wildman–Crippen LogP) is 1.83. The lowest BCUT2D eigenvalue weighted by atomic mass is 10.2. The van der Waals surface area contributed by atoms with Crippen LogP contribution < -0.4 is 5.32 Å². The molecule has 0 saturated heterocycles. The molecular weight excluding hydrogens is 192 g/mol. The minimum absolute atomic E-state index is 0.611. The number of hydrogen-bond acceptors (Lipinski definition) is 3. The Hall–Kier alpha value is -0.380. The maximum absolute atomic E-state index is 3.20. The summed E-state index contributed by atoms with van der Waals surface area (Å²) >= 11 is 1.85. The maximum atomic E-state index is 3.20. The van der Waals surface area contributed by atoms with Gasteiger partial charge in [-0.3, -0.25) is 0 Å². The van der Waals surface area contributed by atoms with Crippen molar-refractivity contribution in [1.29, 1.82) is 0 Å². The molecule has 0 spiro atoms. The largest absolute Gasteiger partial charge is 0.318 e. The van der Waals surface area contributed by atoms with Gasteiger partial charge in [0.15, 0.2) is 0 Å². The van der Waals surface area contributed by atoms with Gasteiger partial charge in [0, 0.05) is 24.0 Å². The Morgan fingerprint density at radius 1 is 1.57 bits per heavy atom. The number of nitrogens with zero attached hydrogens (tertiary/aromatic N) is 1. The third-order valence-electron chi connectivity index (χ3n) is 2.54. The van der Waals surface area contributed by atoms with Crippen molar-refractivity contribution in [3.8, 4) is 0 Å². The van der Waals surface area contributed by atoms with Crippen molar-refractivity contribution < 1.29 is 0 Å². The fourth-order valence-corrected chi connectivity index (χ4v) is 2.11. The number of rotatable bonds is 6. The molecule has 1 rings (SSSR count). The molecule has 3 heteroatoms. The number of hydrogen-bond donors (Lipinski definition) is 1. The van der Waals surface area contributed by atoms with Crippen LogP contribution in [0.15, 0.2) is 17.5 Å². The highest BCUT2D eigenvalue weighted by Gasteiger charge is 2.07.